The Balaban J connectivity index is 1.61. The number of alkyl halides is 3. The van der Waals surface area contributed by atoms with E-state index >= 15 is 0 Å². The van der Waals surface area contributed by atoms with Gasteiger partial charge in [-0.25, -0.2) is 4.98 Å². The minimum Gasteiger partial charge on any atom is -0.491 e. The Bertz CT molecular complexity index is 1080. The van der Waals surface area contributed by atoms with Gasteiger partial charge in [-0.3, -0.25) is 14.9 Å². The maximum atomic E-state index is 12.7. The quantitative estimate of drug-likeness (QED) is 0.464. The van der Waals surface area contributed by atoms with Crippen LogP contribution >= 0.6 is 0 Å². The van der Waals surface area contributed by atoms with Gasteiger partial charge in [0, 0.05) is 6.07 Å². The van der Waals surface area contributed by atoms with Gasteiger partial charge >= 0.3 is 6.18 Å². The number of imidazole rings is 1. The lowest BCUT2D eigenvalue weighted by Crippen LogP contribution is -2.38. The van der Waals surface area contributed by atoms with E-state index in [2.05, 4.69) is 10.3 Å². The zero-order chi connectivity index (χ0) is 21.9. The number of carbonyl (C=O) groups is 1. The highest BCUT2D eigenvalue weighted by atomic mass is 19.4. The van der Waals surface area contributed by atoms with Crippen molar-refractivity contribution in [3.63, 3.8) is 0 Å². The van der Waals surface area contributed by atoms with E-state index in [9.17, 15) is 28.1 Å². The van der Waals surface area contributed by atoms with Gasteiger partial charge in [0.25, 0.3) is 5.69 Å². The second-order valence-corrected chi connectivity index (χ2v) is 6.58. The lowest BCUT2D eigenvalue weighted by Gasteiger charge is -2.16. The van der Waals surface area contributed by atoms with Crippen molar-refractivity contribution in [1.29, 1.82) is 0 Å². The molecule has 11 heteroatoms. The van der Waals surface area contributed by atoms with Crippen LogP contribution in [0.15, 0.2) is 48.8 Å². The molecule has 3 aromatic rings. The minimum absolute atomic E-state index is 0.0298. The number of hydrogen-bond donors (Lipinski definition) is 1. The van der Waals surface area contributed by atoms with Crippen molar-refractivity contribution in [2.45, 2.75) is 25.7 Å². The number of nitro groups is 1. The minimum atomic E-state index is -4.48. The lowest BCUT2D eigenvalue weighted by atomic mass is 10.2. The SMILES string of the molecule is CC(COc1cccc(C(F)(F)F)c1)NC(=O)Cn1cnc2cccc([N+](=O)[O-])c21. The molecule has 0 aliphatic carbocycles. The number of carbonyl (C=O) groups excluding carboxylic acids is 1. The molecule has 0 spiro atoms. The van der Waals surface area contributed by atoms with Crippen LogP contribution < -0.4 is 10.1 Å². The summed E-state index contributed by atoms with van der Waals surface area (Å²) in [5.74, 6) is -0.422. The highest BCUT2D eigenvalue weighted by molar-refractivity contribution is 5.86. The van der Waals surface area contributed by atoms with Crippen molar-refractivity contribution < 1.29 is 27.6 Å². The summed E-state index contributed by atoms with van der Waals surface area (Å²) >= 11 is 0. The summed E-state index contributed by atoms with van der Waals surface area (Å²) in [6.07, 6.45) is -3.14. The highest BCUT2D eigenvalue weighted by Gasteiger charge is 2.30. The molecule has 3 rings (SSSR count). The number of hydrogen-bond acceptors (Lipinski definition) is 5. The normalized spacial score (nSPS) is 12.5. The van der Waals surface area contributed by atoms with E-state index in [1.54, 1.807) is 13.0 Å². The smallest absolute Gasteiger partial charge is 0.416 e. The van der Waals surface area contributed by atoms with Crippen LogP contribution in [0.5, 0.6) is 5.75 Å². The molecule has 0 aliphatic rings. The average molecular weight is 422 g/mol. The highest BCUT2D eigenvalue weighted by Crippen LogP contribution is 2.31. The van der Waals surface area contributed by atoms with Crippen LogP contribution in [0, 0.1) is 10.1 Å². The molecule has 2 aromatic carbocycles. The summed E-state index contributed by atoms with van der Waals surface area (Å²) in [5.41, 5.74) is -0.382. The molecule has 1 unspecified atom stereocenters. The second-order valence-electron chi connectivity index (χ2n) is 6.58. The van der Waals surface area contributed by atoms with Crippen molar-refractivity contribution in [2.24, 2.45) is 0 Å². The van der Waals surface area contributed by atoms with Gasteiger partial charge in [-0.05, 0) is 31.2 Å². The number of ether oxygens (including phenoxy) is 1. The molecule has 0 radical (unpaired) electrons. The van der Waals surface area contributed by atoms with Crippen molar-refractivity contribution in [3.8, 4) is 5.75 Å². The van der Waals surface area contributed by atoms with E-state index in [1.807, 2.05) is 0 Å². The third kappa shape index (κ3) is 4.85. The van der Waals surface area contributed by atoms with Gasteiger partial charge in [0.05, 0.1) is 28.4 Å². The number of fused-ring (bicyclic) bond motifs is 1. The first-order chi connectivity index (χ1) is 14.1. The largest absolute Gasteiger partial charge is 0.491 e. The predicted molar refractivity (Wildman–Crippen MR) is 101 cm³/mol. The van der Waals surface area contributed by atoms with Crippen LogP contribution in [0.3, 0.4) is 0 Å². The number of halogens is 3. The number of benzene rings is 2. The monoisotopic (exact) mass is 422 g/mol. The Hall–Kier alpha value is -3.63. The van der Waals surface area contributed by atoms with Crippen molar-refractivity contribution in [3.05, 3.63) is 64.5 Å². The summed E-state index contributed by atoms with van der Waals surface area (Å²) in [4.78, 5) is 27.0. The molecule has 0 aliphatic heterocycles. The third-order valence-electron chi connectivity index (χ3n) is 4.20. The predicted octanol–water partition coefficient (Wildman–Crippen LogP) is 3.55. The number of rotatable bonds is 7. The van der Waals surface area contributed by atoms with Gasteiger partial charge in [0.15, 0.2) is 0 Å². The Kier molecular flexibility index (Phi) is 5.90. The number of aromatic nitrogens is 2. The zero-order valence-corrected chi connectivity index (χ0v) is 15.7. The molecule has 0 saturated heterocycles. The summed E-state index contributed by atoms with van der Waals surface area (Å²) in [5, 5.41) is 13.9. The van der Waals surface area contributed by atoms with Crippen LogP contribution in [0.4, 0.5) is 18.9 Å². The van der Waals surface area contributed by atoms with Crippen LogP contribution in [-0.2, 0) is 17.5 Å². The topological polar surface area (TPSA) is 99.3 Å². The van der Waals surface area contributed by atoms with Gasteiger partial charge in [-0.1, -0.05) is 12.1 Å². The van der Waals surface area contributed by atoms with Crippen LogP contribution in [0.1, 0.15) is 12.5 Å². The summed E-state index contributed by atoms with van der Waals surface area (Å²) < 4.78 is 44.9. The first-order valence-electron chi connectivity index (χ1n) is 8.83. The van der Waals surface area contributed by atoms with Crippen molar-refractivity contribution in [2.75, 3.05) is 6.61 Å². The molecule has 1 aromatic heterocycles. The van der Waals surface area contributed by atoms with Crippen molar-refractivity contribution in [1.82, 2.24) is 14.9 Å². The number of non-ortho nitro benzene ring substituents is 1. The van der Waals surface area contributed by atoms with E-state index < -0.39 is 28.6 Å². The van der Waals surface area contributed by atoms with E-state index in [0.29, 0.717) is 5.52 Å². The standard InChI is InChI=1S/C19H17F3N4O4/c1-12(10-30-14-5-2-4-13(8-14)19(20,21)22)24-17(27)9-25-11-23-15-6-3-7-16(18(15)25)26(28)29/h2-8,11-12H,9-10H2,1H3,(H,24,27). The zero-order valence-electron chi connectivity index (χ0n) is 15.7. The first-order valence-corrected chi connectivity index (χ1v) is 8.83. The van der Waals surface area contributed by atoms with Gasteiger partial charge in [0.1, 0.15) is 24.4 Å². The van der Waals surface area contributed by atoms with Crippen LogP contribution in [0.2, 0.25) is 0 Å². The second kappa shape index (κ2) is 8.39. The average Bonchev–Trinajstić information content (AvgIpc) is 3.08. The Morgan fingerprint density at radius 3 is 2.73 bits per heavy atom. The molecule has 1 amide bonds. The molecular weight excluding hydrogens is 405 g/mol. The molecular formula is C19H17F3N4O4. The molecule has 1 heterocycles. The number of amides is 1. The van der Waals surface area contributed by atoms with E-state index in [1.165, 1.54) is 35.2 Å². The molecule has 30 heavy (non-hydrogen) atoms. The number of nitro benzene ring substituents is 1. The summed E-state index contributed by atoms with van der Waals surface area (Å²) in [6, 6.07) is 8.35. The maximum absolute atomic E-state index is 12.7. The Morgan fingerprint density at radius 2 is 2.03 bits per heavy atom. The molecule has 1 N–H and O–H groups in total. The fraction of sp³-hybridized carbons (Fsp3) is 0.263. The Morgan fingerprint density at radius 1 is 1.30 bits per heavy atom. The lowest BCUT2D eigenvalue weighted by molar-refractivity contribution is -0.383. The third-order valence-corrected chi connectivity index (χ3v) is 4.20. The molecule has 1 atom stereocenters. The number of nitrogens with one attached hydrogen (secondary N) is 1. The summed E-state index contributed by atoms with van der Waals surface area (Å²) in [7, 11) is 0. The number of nitrogens with zero attached hydrogens (tertiary/aromatic N) is 3. The molecule has 158 valence electrons. The maximum Gasteiger partial charge on any atom is 0.416 e. The Labute approximate surface area is 168 Å². The summed E-state index contributed by atoms with van der Waals surface area (Å²) in [6.45, 7) is 1.35. The number of para-hydroxylation sites is 1. The van der Waals surface area contributed by atoms with E-state index in [-0.39, 0.29) is 30.1 Å². The molecule has 0 fully saturated rings. The fourth-order valence-electron chi connectivity index (χ4n) is 2.88. The molecule has 8 nitrogen and oxygen atoms in total. The first kappa shape index (κ1) is 21.1. The van der Waals surface area contributed by atoms with E-state index in [4.69, 9.17) is 4.74 Å². The fourth-order valence-corrected chi connectivity index (χ4v) is 2.88. The molecule has 0 saturated carbocycles. The van der Waals surface area contributed by atoms with Crippen LogP contribution in [-0.4, -0.2) is 33.0 Å². The van der Waals surface area contributed by atoms with Crippen molar-refractivity contribution >= 4 is 22.6 Å². The molecule has 0 bridgehead atoms. The van der Waals surface area contributed by atoms with Gasteiger partial charge in [-0.2, -0.15) is 13.2 Å². The van der Waals surface area contributed by atoms with Gasteiger partial charge < -0.3 is 14.6 Å². The van der Waals surface area contributed by atoms with Gasteiger partial charge in [0.2, 0.25) is 5.91 Å². The van der Waals surface area contributed by atoms with E-state index in [0.717, 1.165) is 12.1 Å². The van der Waals surface area contributed by atoms with Crippen LogP contribution in [0.25, 0.3) is 11.0 Å². The van der Waals surface area contributed by atoms with Gasteiger partial charge in [-0.15, -0.1) is 0 Å².